The summed E-state index contributed by atoms with van der Waals surface area (Å²) in [6, 6.07) is 14.5. The largest absolute Gasteiger partial charge is 1.00 e. The van der Waals surface area contributed by atoms with Gasteiger partial charge in [0, 0.05) is 48.7 Å². The maximum absolute atomic E-state index is 6.05. The van der Waals surface area contributed by atoms with Crippen molar-refractivity contribution in [2.24, 2.45) is 0 Å². The molecule has 5 rings (SSSR count). The summed E-state index contributed by atoms with van der Waals surface area (Å²) in [6.45, 7) is 14.0. The summed E-state index contributed by atoms with van der Waals surface area (Å²) >= 11 is 0. The Kier molecular flexibility index (Phi) is 8.66. The van der Waals surface area contributed by atoms with E-state index in [0.29, 0.717) is 0 Å². The zero-order valence-electron chi connectivity index (χ0n) is 22.4. The number of rotatable bonds is 4. The van der Waals surface area contributed by atoms with Gasteiger partial charge in [0.1, 0.15) is 38.3 Å². The van der Waals surface area contributed by atoms with Crippen molar-refractivity contribution in [1.29, 1.82) is 0 Å². The molecule has 0 radical (unpaired) electrons. The standard InChI is InChI=1S/C28H44N6.2ClH/c1-21-17-23(5-7-27(21)29)31-11-9-25(19-31)33(3)13-15-34(4,16-14-33)26-10-12-32(20-26)24-6-8-28(30)22(2)18-24;;/h5-8,17-18,25-26H,9-16,19-20,29-30H2,1-4H3;2*1H/q+2;;/p-2. The van der Waals surface area contributed by atoms with Gasteiger partial charge >= 0.3 is 0 Å². The van der Waals surface area contributed by atoms with E-state index in [1.54, 1.807) is 0 Å². The summed E-state index contributed by atoms with van der Waals surface area (Å²) < 4.78 is 2.46. The van der Waals surface area contributed by atoms with Crippen LogP contribution in [0.4, 0.5) is 22.7 Å². The van der Waals surface area contributed by atoms with Crippen LogP contribution in [0.5, 0.6) is 0 Å². The van der Waals surface area contributed by atoms with Crippen molar-refractivity contribution in [3.05, 3.63) is 47.5 Å². The lowest BCUT2D eigenvalue weighted by Crippen LogP contribution is -3.00. The van der Waals surface area contributed by atoms with Crippen LogP contribution in [0.2, 0.25) is 0 Å². The number of likely N-dealkylation sites (N-methyl/N-ethyl adjacent to an activating group) is 2. The molecule has 3 saturated heterocycles. The van der Waals surface area contributed by atoms with E-state index in [9.17, 15) is 0 Å². The predicted molar refractivity (Wildman–Crippen MR) is 144 cm³/mol. The minimum Gasteiger partial charge on any atom is -1.00 e. The zero-order valence-corrected chi connectivity index (χ0v) is 23.9. The molecule has 200 valence electrons. The van der Waals surface area contributed by atoms with Crippen molar-refractivity contribution in [3.8, 4) is 0 Å². The highest BCUT2D eigenvalue weighted by atomic mass is 35.5. The van der Waals surface area contributed by atoms with Crippen molar-refractivity contribution in [2.45, 2.75) is 38.8 Å². The number of halogens is 2. The van der Waals surface area contributed by atoms with E-state index in [-0.39, 0.29) is 24.8 Å². The van der Waals surface area contributed by atoms with Crippen molar-refractivity contribution in [1.82, 2.24) is 0 Å². The van der Waals surface area contributed by atoms with Crippen LogP contribution in [0.25, 0.3) is 0 Å². The Balaban J connectivity index is 0.00000180. The number of nitrogens with two attached hydrogens (primary N) is 2. The fourth-order valence-electron chi connectivity index (χ4n) is 6.55. The molecule has 3 aliphatic rings. The SMILES string of the molecule is Cc1cc(N2CCC([N+]3(C)CC[N+](C)(C4CCN(c5ccc(N)c(C)c5)C4)CC3)C2)ccc1N.[Cl-].[Cl-]. The maximum Gasteiger partial charge on any atom is 0.129 e. The lowest BCUT2D eigenvalue weighted by Gasteiger charge is -2.51. The van der Waals surface area contributed by atoms with Gasteiger partial charge in [0.05, 0.1) is 27.2 Å². The summed E-state index contributed by atoms with van der Waals surface area (Å²) in [5.41, 5.74) is 18.9. The third-order valence-corrected chi connectivity index (χ3v) is 9.57. The summed E-state index contributed by atoms with van der Waals surface area (Å²) in [7, 11) is 5.04. The number of nitrogen functional groups attached to an aromatic ring is 2. The van der Waals surface area contributed by atoms with Gasteiger partial charge in [0.15, 0.2) is 0 Å². The predicted octanol–water partition coefficient (Wildman–Crippen LogP) is -2.76. The summed E-state index contributed by atoms with van der Waals surface area (Å²) in [4.78, 5) is 5.15. The second-order valence-electron chi connectivity index (χ2n) is 11.7. The highest BCUT2D eigenvalue weighted by Gasteiger charge is 2.48. The number of hydrogen-bond acceptors (Lipinski definition) is 4. The molecule has 2 atom stereocenters. The molecule has 8 heteroatoms. The van der Waals surface area contributed by atoms with Crippen LogP contribution >= 0.6 is 0 Å². The Labute approximate surface area is 230 Å². The van der Waals surface area contributed by atoms with Gasteiger partial charge < -0.3 is 55.0 Å². The van der Waals surface area contributed by atoms with Crippen molar-refractivity contribution in [2.75, 3.05) is 87.7 Å². The van der Waals surface area contributed by atoms with Crippen LogP contribution in [-0.4, -0.2) is 87.5 Å². The van der Waals surface area contributed by atoms with Crippen LogP contribution in [0.3, 0.4) is 0 Å². The Hall–Kier alpha value is -1.86. The number of hydrogen-bond donors (Lipinski definition) is 2. The van der Waals surface area contributed by atoms with E-state index < -0.39 is 0 Å². The Morgan fingerprint density at radius 2 is 1.03 bits per heavy atom. The molecule has 0 amide bonds. The van der Waals surface area contributed by atoms with Gasteiger partial charge in [-0.2, -0.15) is 0 Å². The molecule has 0 aliphatic carbocycles. The minimum atomic E-state index is 0. The normalized spacial score (nSPS) is 30.1. The molecule has 36 heavy (non-hydrogen) atoms. The first-order valence-corrected chi connectivity index (χ1v) is 13.1. The number of aryl methyl sites for hydroxylation is 2. The number of nitrogens with zero attached hydrogens (tertiary/aromatic N) is 4. The zero-order chi connectivity index (χ0) is 24.1. The Morgan fingerprint density at radius 3 is 1.36 bits per heavy atom. The van der Waals surface area contributed by atoms with E-state index in [2.05, 4.69) is 74.1 Å². The summed E-state index contributed by atoms with van der Waals surface area (Å²) in [5.74, 6) is 0. The summed E-state index contributed by atoms with van der Waals surface area (Å²) in [5, 5.41) is 0. The Bertz CT molecular complexity index is 969. The number of benzene rings is 2. The molecule has 3 fully saturated rings. The Morgan fingerprint density at radius 1 is 0.667 bits per heavy atom. The van der Waals surface area contributed by atoms with E-state index in [1.807, 2.05) is 0 Å². The van der Waals surface area contributed by atoms with Gasteiger partial charge in [-0.05, 0) is 61.4 Å². The molecule has 6 nitrogen and oxygen atoms in total. The molecule has 2 aromatic rings. The molecule has 2 aromatic carbocycles. The average Bonchev–Trinajstić information content (AvgIpc) is 3.51. The molecular formula is C28H44Cl2N6. The van der Waals surface area contributed by atoms with Crippen molar-refractivity contribution < 1.29 is 33.8 Å². The molecular weight excluding hydrogens is 491 g/mol. The monoisotopic (exact) mass is 534 g/mol. The molecule has 0 aromatic heterocycles. The first-order chi connectivity index (χ1) is 16.2. The molecule has 2 unspecified atom stereocenters. The fraction of sp³-hybridized carbons (Fsp3) is 0.571. The van der Waals surface area contributed by atoms with Gasteiger partial charge in [-0.15, -0.1) is 0 Å². The summed E-state index contributed by atoms with van der Waals surface area (Å²) in [6.07, 6.45) is 2.58. The molecule has 0 spiro atoms. The number of piperazine rings is 1. The molecule has 0 saturated carbocycles. The molecule has 4 N–H and O–H groups in total. The van der Waals surface area contributed by atoms with Crippen LogP contribution in [-0.2, 0) is 0 Å². The molecule has 0 bridgehead atoms. The highest BCUT2D eigenvalue weighted by molar-refractivity contribution is 5.59. The topological polar surface area (TPSA) is 58.5 Å². The van der Waals surface area contributed by atoms with Gasteiger partial charge in [0.2, 0.25) is 0 Å². The third-order valence-electron chi connectivity index (χ3n) is 9.57. The van der Waals surface area contributed by atoms with Gasteiger partial charge in [0.25, 0.3) is 0 Å². The molecule has 3 aliphatic heterocycles. The van der Waals surface area contributed by atoms with Crippen LogP contribution in [0, 0.1) is 13.8 Å². The highest BCUT2D eigenvalue weighted by Crippen LogP contribution is 2.33. The van der Waals surface area contributed by atoms with Crippen LogP contribution in [0.15, 0.2) is 36.4 Å². The van der Waals surface area contributed by atoms with Crippen LogP contribution < -0.4 is 46.1 Å². The lowest BCUT2D eigenvalue weighted by atomic mass is 10.1. The van der Waals surface area contributed by atoms with Gasteiger partial charge in [-0.3, -0.25) is 0 Å². The number of quaternary nitrogens is 2. The quantitative estimate of drug-likeness (QED) is 0.329. The van der Waals surface area contributed by atoms with Gasteiger partial charge in [-0.1, -0.05) is 0 Å². The van der Waals surface area contributed by atoms with Crippen molar-refractivity contribution >= 4 is 22.7 Å². The van der Waals surface area contributed by atoms with Crippen LogP contribution in [0.1, 0.15) is 24.0 Å². The smallest absolute Gasteiger partial charge is 0.129 e. The molecule has 3 heterocycles. The van der Waals surface area contributed by atoms with E-state index in [4.69, 9.17) is 11.5 Å². The lowest BCUT2D eigenvalue weighted by molar-refractivity contribution is -1.03. The maximum atomic E-state index is 6.05. The second kappa shape index (κ2) is 10.9. The van der Waals surface area contributed by atoms with E-state index in [1.165, 1.54) is 70.5 Å². The van der Waals surface area contributed by atoms with E-state index in [0.717, 1.165) is 49.6 Å². The first-order valence-electron chi connectivity index (χ1n) is 13.1. The van der Waals surface area contributed by atoms with Crippen molar-refractivity contribution in [3.63, 3.8) is 0 Å². The van der Waals surface area contributed by atoms with E-state index >= 15 is 0 Å². The van der Waals surface area contributed by atoms with Gasteiger partial charge in [-0.25, -0.2) is 0 Å². The fourth-order valence-corrected chi connectivity index (χ4v) is 6.55. The minimum absolute atomic E-state index is 0. The number of anilines is 4. The third kappa shape index (κ3) is 5.38. The average molecular weight is 536 g/mol. The second-order valence-corrected chi connectivity index (χ2v) is 11.7. The first kappa shape index (κ1) is 28.7.